The topological polar surface area (TPSA) is 46.5 Å². The van der Waals surface area contributed by atoms with Gasteiger partial charge in [-0.1, -0.05) is 6.08 Å². The molecular weight excluding hydrogens is 295 g/mol. The second-order valence-electron chi connectivity index (χ2n) is 4.10. The maximum absolute atomic E-state index is 11.0. The molecule has 1 aliphatic carbocycles. The largest absolute Gasteiger partial charge is 0.504 e. The van der Waals surface area contributed by atoms with Gasteiger partial charge in [0.1, 0.15) is 23.0 Å². The van der Waals surface area contributed by atoms with Crippen molar-refractivity contribution in [1.29, 1.82) is 0 Å². The smallest absolute Gasteiger partial charge is 0.219 e. The van der Waals surface area contributed by atoms with Gasteiger partial charge in [0, 0.05) is 5.41 Å². The average molecular weight is 308 g/mol. The van der Waals surface area contributed by atoms with E-state index in [1.165, 1.54) is 12.2 Å². The van der Waals surface area contributed by atoms with Crippen LogP contribution in [-0.2, 0) is 7.86 Å². The fourth-order valence-corrected chi connectivity index (χ4v) is 1.67. The number of carbonyl (C=O) groups excluding carboxylic acids is 1. The van der Waals surface area contributed by atoms with Crippen LogP contribution in [0.2, 0.25) is 0 Å². The van der Waals surface area contributed by atoms with Crippen LogP contribution in [0, 0.1) is 5.41 Å². The highest BCUT2D eigenvalue weighted by atomic mass is 127. The molecule has 0 amide bonds. The lowest BCUT2D eigenvalue weighted by Crippen LogP contribution is -2.40. The highest BCUT2D eigenvalue weighted by Crippen LogP contribution is 2.40. The lowest BCUT2D eigenvalue weighted by atomic mass is 9.73. The van der Waals surface area contributed by atoms with Gasteiger partial charge in [0.05, 0.1) is 5.60 Å². The van der Waals surface area contributed by atoms with Gasteiger partial charge in [0.15, 0.2) is 5.76 Å². The first-order valence-corrected chi connectivity index (χ1v) is 5.15. The molecule has 3 nitrogen and oxygen atoms in total. The van der Waals surface area contributed by atoms with E-state index in [1.807, 2.05) is 43.8 Å². The quantitative estimate of drug-likeness (QED) is 0.798. The normalized spacial score (nSPS) is 27.7. The molecule has 0 aromatic heterocycles. The van der Waals surface area contributed by atoms with Gasteiger partial charge < -0.3 is 8.17 Å². The molecule has 14 heavy (non-hydrogen) atoms. The summed E-state index contributed by atoms with van der Waals surface area (Å²) in [6.07, 6.45) is 4.68. The Labute approximate surface area is 97.5 Å². The highest BCUT2D eigenvalue weighted by molar-refractivity contribution is 14.1. The van der Waals surface area contributed by atoms with Gasteiger partial charge in [-0.25, -0.2) is 0 Å². The van der Waals surface area contributed by atoms with Crippen molar-refractivity contribution in [1.82, 2.24) is 0 Å². The van der Waals surface area contributed by atoms with Crippen LogP contribution in [0.15, 0.2) is 24.0 Å². The first-order chi connectivity index (χ1) is 6.32. The second-order valence-corrected chi connectivity index (χ2v) is 4.54. The van der Waals surface area contributed by atoms with Crippen LogP contribution in [0.4, 0.5) is 0 Å². The number of aliphatic hydroxyl groups is 1. The first-order valence-electron chi connectivity index (χ1n) is 4.27. The number of aliphatic hydroxyl groups excluding tert-OH is 1. The van der Waals surface area contributed by atoms with Crippen LogP contribution in [0.1, 0.15) is 20.8 Å². The molecule has 0 aromatic rings. The third-order valence-corrected chi connectivity index (χ3v) is 3.86. The Morgan fingerprint density at radius 2 is 2.14 bits per heavy atom. The van der Waals surface area contributed by atoms with Gasteiger partial charge in [0.2, 0.25) is 5.78 Å². The zero-order valence-electron chi connectivity index (χ0n) is 8.37. The van der Waals surface area contributed by atoms with Crippen LogP contribution in [0.5, 0.6) is 0 Å². The van der Waals surface area contributed by atoms with E-state index in [4.69, 9.17) is 3.07 Å². The molecule has 0 aliphatic heterocycles. The van der Waals surface area contributed by atoms with Crippen LogP contribution >= 0.6 is 23.0 Å². The molecule has 0 saturated heterocycles. The van der Waals surface area contributed by atoms with Crippen molar-refractivity contribution < 1.29 is 13.0 Å². The number of hydrogen-bond donors (Lipinski definition) is 1. The zero-order chi connectivity index (χ0) is 11.0. The second kappa shape index (κ2) is 3.66. The molecule has 1 rings (SSSR count). The Kier molecular flexibility index (Phi) is 3.06. The van der Waals surface area contributed by atoms with E-state index in [-0.39, 0.29) is 11.5 Å². The molecule has 0 bridgehead atoms. The summed E-state index contributed by atoms with van der Waals surface area (Å²) in [5.41, 5.74) is -0.940. The van der Waals surface area contributed by atoms with Gasteiger partial charge in [-0.05, 0) is 32.9 Å². The van der Waals surface area contributed by atoms with Gasteiger partial charge in [-0.15, -0.1) is 0 Å². The minimum absolute atomic E-state index is 0.212. The maximum atomic E-state index is 11.0. The van der Waals surface area contributed by atoms with Gasteiger partial charge >= 0.3 is 0 Å². The predicted molar refractivity (Wildman–Crippen MR) is 62.1 cm³/mol. The van der Waals surface area contributed by atoms with Crippen molar-refractivity contribution in [2.45, 2.75) is 26.4 Å². The van der Waals surface area contributed by atoms with Crippen LogP contribution in [0.25, 0.3) is 0 Å². The molecule has 0 radical (unpaired) electrons. The van der Waals surface area contributed by atoms with Crippen LogP contribution in [-0.4, -0.2) is 16.5 Å². The molecule has 1 aliphatic rings. The summed E-state index contributed by atoms with van der Waals surface area (Å²) in [5.74, 6) is -0.566. The lowest BCUT2D eigenvalue weighted by Gasteiger charge is -2.38. The number of rotatable bonds is 2. The van der Waals surface area contributed by atoms with E-state index < -0.39 is 11.0 Å². The molecule has 4 heteroatoms. The molecule has 0 saturated carbocycles. The average Bonchev–Trinajstić information content (AvgIpc) is 2.12. The third-order valence-electron chi connectivity index (χ3n) is 2.76. The van der Waals surface area contributed by atoms with Crippen molar-refractivity contribution in [2.24, 2.45) is 5.41 Å². The third kappa shape index (κ3) is 1.86. The fraction of sp³-hybridized carbons (Fsp3) is 0.500. The molecular formula is C10H13IO3. The van der Waals surface area contributed by atoms with Gasteiger partial charge in [0.25, 0.3) is 0 Å². The predicted octanol–water partition coefficient (Wildman–Crippen LogP) is 2.72. The van der Waals surface area contributed by atoms with Crippen LogP contribution < -0.4 is 0 Å². The molecule has 0 spiro atoms. The molecule has 0 aromatic carbocycles. The number of allylic oxidation sites excluding steroid dienone is 1. The van der Waals surface area contributed by atoms with E-state index in [9.17, 15) is 9.90 Å². The summed E-state index contributed by atoms with van der Waals surface area (Å²) in [4.78, 5) is 11.0. The summed E-state index contributed by atoms with van der Waals surface area (Å²) < 4.78 is 5.32. The molecule has 1 atom stereocenters. The van der Waals surface area contributed by atoms with E-state index in [0.29, 0.717) is 0 Å². The number of ketones is 1. The van der Waals surface area contributed by atoms with Crippen molar-refractivity contribution in [3.8, 4) is 0 Å². The maximum Gasteiger partial charge on any atom is 0.219 e. The van der Waals surface area contributed by atoms with Crippen molar-refractivity contribution in [3.63, 3.8) is 0 Å². The Morgan fingerprint density at radius 1 is 1.57 bits per heavy atom. The number of hydrogen-bond acceptors (Lipinski definition) is 3. The Bertz CT molecular complexity index is 317. The SMILES string of the molecule is CC1(C(C)(C)OI)C=CC(=O)C(O)=C1. The molecule has 0 heterocycles. The van der Waals surface area contributed by atoms with E-state index >= 15 is 0 Å². The Morgan fingerprint density at radius 3 is 2.57 bits per heavy atom. The van der Waals surface area contributed by atoms with E-state index in [1.54, 1.807) is 6.08 Å². The summed E-state index contributed by atoms with van der Waals surface area (Å²) in [6.45, 7) is 5.72. The zero-order valence-corrected chi connectivity index (χ0v) is 10.5. The summed E-state index contributed by atoms with van der Waals surface area (Å²) in [7, 11) is 0. The fourth-order valence-electron chi connectivity index (χ4n) is 1.20. The van der Waals surface area contributed by atoms with E-state index in [0.717, 1.165) is 0 Å². The molecule has 1 unspecified atom stereocenters. The van der Waals surface area contributed by atoms with Crippen molar-refractivity contribution >= 4 is 28.8 Å². The summed E-state index contributed by atoms with van der Waals surface area (Å²) in [5, 5.41) is 9.37. The molecule has 78 valence electrons. The van der Waals surface area contributed by atoms with E-state index in [2.05, 4.69) is 0 Å². The van der Waals surface area contributed by atoms with Gasteiger partial charge in [-0.3, -0.25) is 4.79 Å². The number of carbonyl (C=O) groups is 1. The first kappa shape index (κ1) is 11.7. The lowest BCUT2D eigenvalue weighted by molar-refractivity contribution is -0.114. The van der Waals surface area contributed by atoms with Crippen LogP contribution in [0.3, 0.4) is 0 Å². The standard InChI is InChI=1S/C10H13IO3/c1-9(2,14-11)10(3)5-4-7(12)8(13)6-10/h4-6,13H,1-3H3. The molecule has 1 N–H and O–H groups in total. The summed E-state index contributed by atoms with van der Waals surface area (Å²) >= 11 is 1.83. The minimum Gasteiger partial charge on any atom is -0.504 e. The van der Waals surface area contributed by atoms with Crippen molar-refractivity contribution in [2.75, 3.05) is 0 Å². The monoisotopic (exact) mass is 308 g/mol. The minimum atomic E-state index is -0.473. The Balaban J connectivity index is 3.10. The Hall–Kier alpha value is -0.360. The van der Waals surface area contributed by atoms with Crippen molar-refractivity contribution in [3.05, 3.63) is 24.0 Å². The number of halogens is 1. The highest BCUT2D eigenvalue weighted by Gasteiger charge is 2.41. The molecule has 0 fully saturated rings. The van der Waals surface area contributed by atoms with Gasteiger partial charge in [-0.2, -0.15) is 0 Å². The summed E-state index contributed by atoms with van der Waals surface area (Å²) in [6, 6.07) is 0.